The number of rotatable bonds is 3. The molecule has 2 aliphatic carbocycles. The van der Waals surface area contributed by atoms with E-state index in [1.807, 2.05) is 0 Å². The third-order valence-corrected chi connectivity index (χ3v) is 5.74. The van der Waals surface area contributed by atoms with Gasteiger partial charge in [-0.3, -0.25) is 0 Å². The Kier molecular flexibility index (Phi) is 3.85. The topological polar surface area (TPSA) is 35.2 Å². The molecule has 0 aromatic heterocycles. The van der Waals surface area contributed by atoms with Gasteiger partial charge in [-0.05, 0) is 42.5 Å². The summed E-state index contributed by atoms with van der Waals surface area (Å²) in [4.78, 5) is 0. The second-order valence-electron chi connectivity index (χ2n) is 6.73. The van der Waals surface area contributed by atoms with Crippen LogP contribution >= 0.6 is 15.9 Å². The molecule has 2 N–H and O–H groups in total. The van der Waals surface area contributed by atoms with Gasteiger partial charge in [0.2, 0.25) is 0 Å². The lowest BCUT2D eigenvalue weighted by atomic mass is 9.61. The Morgan fingerprint density at radius 2 is 2.00 bits per heavy atom. The average molecular weight is 338 g/mol. The van der Waals surface area contributed by atoms with Crippen molar-refractivity contribution in [2.45, 2.75) is 64.0 Å². The maximum Gasteiger partial charge on any atom is 0.123 e. The molecule has 0 heterocycles. The fourth-order valence-electron chi connectivity index (χ4n) is 3.90. The highest BCUT2D eigenvalue weighted by Gasteiger charge is 2.56. The molecule has 2 atom stereocenters. The Morgan fingerprint density at radius 1 is 1.30 bits per heavy atom. The summed E-state index contributed by atoms with van der Waals surface area (Å²) in [6, 6.07) is 6.69. The van der Waals surface area contributed by atoms with E-state index < -0.39 is 0 Å². The largest absolute Gasteiger partial charge is 0.489 e. The summed E-state index contributed by atoms with van der Waals surface area (Å²) in [5.41, 5.74) is 7.85. The second kappa shape index (κ2) is 5.34. The molecule has 0 radical (unpaired) electrons. The molecule has 0 amide bonds. The van der Waals surface area contributed by atoms with E-state index in [0.717, 1.165) is 16.6 Å². The van der Waals surface area contributed by atoms with Gasteiger partial charge >= 0.3 is 0 Å². The van der Waals surface area contributed by atoms with Crippen molar-refractivity contribution in [3.8, 4) is 5.75 Å². The van der Waals surface area contributed by atoms with Crippen molar-refractivity contribution in [1.82, 2.24) is 0 Å². The zero-order chi connectivity index (χ0) is 14.3. The summed E-state index contributed by atoms with van der Waals surface area (Å²) in [5.74, 6) is 1.52. The van der Waals surface area contributed by atoms with Gasteiger partial charge in [0.25, 0.3) is 0 Å². The summed E-state index contributed by atoms with van der Waals surface area (Å²) < 4.78 is 7.52. The fraction of sp³-hybridized carbons (Fsp3) is 0.647. The summed E-state index contributed by atoms with van der Waals surface area (Å²) in [6.45, 7) is 4.43. The van der Waals surface area contributed by atoms with Crippen LogP contribution in [0.15, 0.2) is 22.7 Å². The van der Waals surface area contributed by atoms with Gasteiger partial charge in [-0.15, -0.1) is 0 Å². The van der Waals surface area contributed by atoms with Crippen LogP contribution in [0.2, 0.25) is 0 Å². The van der Waals surface area contributed by atoms with Gasteiger partial charge < -0.3 is 10.5 Å². The van der Waals surface area contributed by atoms with Crippen LogP contribution < -0.4 is 10.5 Å². The number of ether oxygens (including phenoxy) is 1. The van der Waals surface area contributed by atoms with Gasteiger partial charge in [0.1, 0.15) is 11.9 Å². The fourth-order valence-corrected chi connectivity index (χ4v) is 4.28. The van der Waals surface area contributed by atoms with Gasteiger partial charge in [0.05, 0.1) is 0 Å². The van der Waals surface area contributed by atoms with Crippen LogP contribution in [0.5, 0.6) is 5.75 Å². The first-order valence-corrected chi connectivity index (χ1v) is 8.54. The second-order valence-corrected chi connectivity index (χ2v) is 7.64. The smallest absolute Gasteiger partial charge is 0.123 e. The molecule has 3 rings (SSSR count). The van der Waals surface area contributed by atoms with Crippen molar-refractivity contribution >= 4 is 15.9 Å². The normalized spacial score (nSPS) is 27.9. The van der Waals surface area contributed by atoms with Crippen LogP contribution in [0.25, 0.3) is 0 Å². The molecule has 20 heavy (non-hydrogen) atoms. The molecular weight excluding hydrogens is 314 g/mol. The van der Waals surface area contributed by atoms with Crippen LogP contribution in [0.1, 0.15) is 57.4 Å². The molecule has 2 unspecified atom stereocenters. The van der Waals surface area contributed by atoms with Crippen molar-refractivity contribution in [3.05, 3.63) is 28.2 Å². The Bertz CT molecular complexity index is 494. The third-order valence-electron chi connectivity index (χ3n) is 5.25. The highest BCUT2D eigenvalue weighted by molar-refractivity contribution is 9.10. The maximum absolute atomic E-state index is 6.41. The van der Waals surface area contributed by atoms with Gasteiger partial charge in [-0.25, -0.2) is 0 Å². The minimum Gasteiger partial charge on any atom is -0.489 e. The zero-order valence-electron chi connectivity index (χ0n) is 12.4. The monoisotopic (exact) mass is 337 g/mol. The zero-order valence-corrected chi connectivity index (χ0v) is 13.9. The number of benzene rings is 1. The highest BCUT2D eigenvalue weighted by atomic mass is 79.9. The number of hydrogen-bond acceptors (Lipinski definition) is 2. The average Bonchev–Trinajstić information content (AvgIpc) is 2.92. The Morgan fingerprint density at radius 3 is 2.60 bits per heavy atom. The van der Waals surface area contributed by atoms with E-state index in [9.17, 15) is 0 Å². The van der Waals surface area contributed by atoms with Crippen molar-refractivity contribution < 1.29 is 4.74 Å². The van der Waals surface area contributed by atoms with E-state index >= 15 is 0 Å². The molecule has 1 aromatic carbocycles. The van der Waals surface area contributed by atoms with Crippen LogP contribution in [-0.2, 0) is 0 Å². The Balaban J connectivity index is 1.82. The number of hydrogen-bond donors (Lipinski definition) is 1. The van der Waals surface area contributed by atoms with E-state index in [0.29, 0.717) is 18.1 Å². The Hall–Kier alpha value is -0.540. The van der Waals surface area contributed by atoms with Gasteiger partial charge in [-0.1, -0.05) is 42.6 Å². The van der Waals surface area contributed by atoms with E-state index in [1.54, 1.807) is 0 Å². The van der Waals surface area contributed by atoms with Crippen molar-refractivity contribution in [2.75, 3.05) is 0 Å². The van der Waals surface area contributed by atoms with Crippen molar-refractivity contribution in [3.63, 3.8) is 0 Å². The quantitative estimate of drug-likeness (QED) is 0.873. The van der Waals surface area contributed by atoms with Crippen LogP contribution in [0.4, 0.5) is 0 Å². The van der Waals surface area contributed by atoms with E-state index in [4.69, 9.17) is 10.5 Å². The SMILES string of the molecule is CC(C)c1cc(Br)ccc1OC1CC(N)C12CCCC2. The predicted octanol–water partition coefficient (Wildman–Crippen LogP) is 4.61. The number of halogens is 1. The Labute approximate surface area is 130 Å². The third kappa shape index (κ3) is 2.29. The minimum absolute atomic E-state index is 0.265. The molecule has 2 aliphatic rings. The molecule has 2 saturated carbocycles. The first-order valence-electron chi connectivity index (χ1n) is 7.74. The molecule has 1 spiro atoms. The predicted molar refractivity (Wildman–Crippen MR) is 86.1 cm³/mol. The molecule has 0 aliphatic heterocycles. The summed E-state index contributed by atoms with van der Waals surface area (Å²) in [5, 5.41) is 0. The van der Waals surface area contributed by atoms with E-state index in [-0.39, 0.29) is 5.41 Å². The summed E-state index contributed by atoms with van der Waals surface area (Å²) in [6.07, 6.45) is 6.43. The molecular formula is C17H24BrNO. The minimum atomic E-state index is 0.265. The van der Waals surface area contributed by atoms with Crippen LogP contribution in [-0.4, -0.2) is 12.1 Å². The van der Waals surface area contributed by atoms with Gasteiger partial charge in [0.15, 0.2) is 0 Å². The summed E-state index contributed by atoms with van der Waals surface area (Å²) in [7, 11) is 0. The first-order chi connectivity index (χ1) is 9.53. The number of nitrogens with two attached hydrogens (primary N) is 1. The molecule has 2 fully saturated rings. The lowest BCUT2D eigenvalue weighted by Crippen LogP contribution is -2.62. The summed E-state index contributed by atoms with van der Waals surface area (Å²) >= 11 is 3.56. The lowest BCUT2D eigenvalue weighted by Gasteiger charge is -2.52. The van der Waals surface area contributed by atoms with Crippen molar-refractivity contribution in [1.29, 1.82) is 0 Å². The van der Waals surface area contributed by atoms with Crippen LogP contribution in [0.3, 0.4) is 0 Å². The lowest BCUT2D eigenvalue weighted by molar-refractivity contribution is -0.0625. The highest BCUT2D eigenvalue weighted by Crippen LogP contribution is 2.54. The van der Waals surface area contributed by atoms with Gasteiger partial charge in [-0.2, -0.15) is 0 Å². The van der Waals surface area contributed by atoms with Crippen molar-refractivity contribution in [2.24, 2.45) is 11.1 Å². The molecule has 0 bridgehead atoms. The van der Waals surface area contributed by atoms with E-state index in [1.165, 1.54) is 31.2 Å². The molecule has 110 valence electrons. The van der Waals surface area contributed by atoms with E-state index in [2.05, 4.69) is 48.0 Å². The standard InChI is InChI=1S/C17H24BrNO/c1-11(2)13-9-12(18)5-6-14(13)20-16-10-15(19)17(16)7-3-4-8-17/h5-6,9,11,15-16H,3-4,7-8,10,19H2,1-2H3. The molecule has 3 heteroatoms. The maximum atomic E-state index is 6.41. The van der Waals surface area contributed by atoms with Crippen LogP contribution in [0, 0.1) is 5.41 Å². The van der Waals surface area contributed by atoms with Gasteiger partial charge in [0, 0.05) is 22.4 Å². The molecule has 2 nitrogen and oxygen atoms in total. The molecule has 0 saturated heterocycles. The first kappa shape index (κ1) is 14.4. The molecule has 1 aromatic rings.